The van der Waals surface area contributed by atoms with Gasteiger partial charge in [0.2, 0.25) is 0 Å². The van der Waals surface area contributed by atoms with Crippen LogP contribution in [-0.4, -0.2) is 44.3 Å². The van der Waals surface area contributed by atoms with Crippen LogP contribution in [0.1, 0.15) is 38.7 Å². The van der Waals surface area contributed by atoms with Crippen molar-refractivity contribution in [3.05, 3.63) is 35.4 Å². The lowest BCUT2D eigenvalue weighted by molar-refractivity contribution is -0.153. The topological polar surface area (TPSA) is 149 Å². The van der Waals surface area contributed by atoms with Gasteiger partial charge >= 0.3 is 23.9 Å². The summed E-state index contributed by atoms with van der Waals surface area (Å²) in [5, 5.41) is 37.1. The Morgan fingerprint density at radius 2 is 1.58 bits per heavy atom. The fourth-order valence-electron chi connectivity index (χ4n) is 3.40. The summed E-state index contributed by atoms with van der Waals surface area (Å²) in [6, 6.07) is 6.12. The summed E-state index contributed by atoms with van der Waals surface area (Å²) in [5.41, 5.74) is 0.612. The summed E-state index contributed by atoms with van der Waals surface area (Å²) in [7, 11) is 0. The van der Waals surface area contributed by atoms with E-state index in [9.17, 15) is 34.5 Å². The molecule has 0 radical (unpaired) electrons. The zero-order valence-electron chi connectivity index (χ0n) is 12.5. The van der Waals surface area contributed by atoms with Crippen molar-refractivity contribution < 1.29 is 42.5 Å². The zero-order valence-corrected chi connectivity index (χ0v) is 12.5. The van der Waals surface area contributed by atoms with E-state index in [0.29, 0.717) is 5.56 Å². The van der Waals surface area contributed by atoms with Gasteiger partial charge in [-0.2, -0.15) is 0 Å². The molecule has 4 atom stereocenters. The summed E-state index contributed by atoms with van der Waals surface area (Å²) >= 11 is 0. The fourth-order valence-corrected chi connectivity index (χ4v) is 3.40. The van der Waals surface area contributed by atoms with Crippen LogP contribution in [0.4, 0.5) is 0 Å². The molecule has 0 saturated carbocycles. The van der Waals surface area contributed by atoms with E-state index in [0.717, 1.165) is 0 Å². The molecule has 4 unspecified atom stereocenters. The van der Waals surface area contributed by atoms with E-state index >= 15 is 0 Å². The normalized spacial score (nSPS) is 23.8. The molecule has 132 valence electrons. The maximum Gasteiger partial charge on any atom is 0.311 e. The first-order valence-corrected chi connectivity index (χ1v) is 7.23. The van der Waals surface area contributed by atoms with Crippen LogP contribution in [0.25, 0.3) is 0 Å². The third-order valence-corrected chi connectivity index (χ3v) is 4.42. The monoisotopic (exact) mass is 340 g/mol. The van der Waals surface area contributed by atoms with Crippen molar-refractivity contribution in [1.29, 1.82) is 0 Å². The maximum atomic E-state index is 11.5. The Balaban J connectivity index is 0.00000312. The molecule has 24 heavy (non-hydrogen) atoms. The van der Waals surface area contributed by atoms with Crippen molar-refractivity contribution in [2.24, 2.45) is 11.8 Å². The van der Waals surface area contributed by atoms with Crippen molar-refractivity contribution in [3.63, 3.8) is 0 Å². The third-order valence-electron chi connectivity index (χ3n) is 4.42. The summed E-state index contributed by atoms with van der Waals surface area (Å²) in [5.74, 6) is -10.2. The van der Waals surface area contributed by atoms with Gasteiger partial charge < -0.3 is 20.4 Å². The van der Waals surface area contributed by atoms with E-state index in [1.807, 2.05) is 0 Å². The largest absolute Gasteiger partial charge is 0.481 e. The van der Waals surface area contributed by atoms with Gasteiger partial charge in [0.25, 0.3) is 0 Å². The van der Waals surface area contributed by atoms with Crippen LogP contribution >= 0.6 is 0 Å². The summed E-state index contributed by atoms with van der Waals surface area (Å²) in [4.78, 5) is 45.6. The minimum Gasteiger partial charge on any atom is -0.481 e. The van der Waals surface area contributed by atoms with Crippen LogP contribution in [0.2, 0.25) is 0 Å². The molecule has 2 rings (SSSR count). The van der Waals surface area contributed by atoms with Gasteiger partial charge in [0.05, 0.1) is 24.2 Å². The number of fused-ring (bicyclic) bond motifs is 1. The minimum absolute atomic E-state index is 0. The number of hydrogen-bond acceptors (Lipinski definition) is 4. The Kier molecular flexibility index (Phi) is 4.87. The molecule has 1 aromatic carbocycles. The Morgan fingerprint density at radius 3 is 2.04 bits per heavy atom. The zero-order chi connectivity index (χ0) is 18.0. The molecule has 4 N–H and O–H groups in total. The highest BCUT2D eigenvalue weighted by molar-refractivity contribution is 5.86. The lowest BCUT2D eigenvalue weighted by Gasteiger charge is -2.36. The Bertz CT molecular complexity index is 705. The van der Waals surface area contributed by atoms with Gasteiger partial charge in [0, 0.05) is 2.85 Å². The molecule has 1 aromatic rings. The van der Waals surface area contributed by atoms with Crippen LogP contribution in [0.15, 0.2) is 24.3 Å². The first kappa shape index (κ1) is 17.5. The molecule has 8 nitrogen and oxygen atoms in total. The Morgan fingerprint density at radius 1 is 1.00 bits per heavy atom. The van der Waals surface area contributed by atoms with Crippen LogP contribution < -0.4 is 0 Å². The highest BCUT2D eigenvalue weighted by Gasteiger charge is 2.46. The number of carbonyl (C=O) groups is 4. The lowest BCUT2D eigenvalue weighted by Crippen LogP contribution is -2.38. The van der Waals surface area contributed by atoms with Crippen molar-refractivity contribution in [1.82, 2.24) is 0 Å². The molecule has 0 heterocycles. The predicted octanol–water partition coefficient (Wildman–Crippen LogP) is 1.71. The van der Waals surface area contributed by atoms with Gasteiger partial charge in [-0.15, -0.1) is 0 Å². The van der Waals surface area contributed by atoms with Gasteiger partial charge in [-0.05, 0) is 23.5 Å². The van der Waals surface area contributed by atoms with Crippen molar-refractivity contribution in [2.75, 3.05) is 0 Å². The number of aliphatic carboxylic acids is 4. The minimum atomic E-state index is -1.35. The highest BCUT2D eigenvalue weighted by atomic mass is 16.4. The third kappa shape index (κ3) is 3.22. The standard InChI is InChI=1S/C16H16O8.2H2/c17-12(18)6-10(14(19)20)9-5-11(15(21)22)13(16(23)24)8-4-2-1-3-7(8)9;;/h1-4,9-11,13H,5-6H2,(H,17,18)(H,19,20)(H,21,22)(H,23,24);2*1H. The number of carboxylic acid groups (broad SMARTS) is 4. The Labute approximate surface area is 139 Å². The van der Waals surface area contributed by atoms with Crippen LogP contribution in [0.5, 0.6) is 0 Å². The quantitative estimate of drug-likeness (QED) is 0.611. The molecular formula is C16H20O8. The van der Waals surface area contributed by atoms with E-state index < -0.39 is 54.0 Å². The van der Waals surface area contributed by atoms with Crippen LogP contribution in [0.3, 0.4) is 0 Å². The summed E-state index contributed by atoms with van der Waals surface area (Å²) in [6.45, 7) is 0. The Hall–Kier alpha value is -2.90. The van der Waals surface area contributed by atoms with Crippen LogP contribution in [-0.2, 0) is 19.2 Å². The fraction of sp³-hybridized carbons (Fsp3) is 0.375. The van der Waals surface area contributed by atoms with E-state index in [4.69, 9.17) is 5.11 Å². The van der Waals surface area contributed by atoms with E-state index in [-0.39, 0.29) is 14.8 Å². The molecule has 0 fully saturated rings. The highest BCUT2D eigenvalue weighted by Crippen LogP contribution is 2.46. The lowest BCUT2D eigenvalue weighted by atomic mass is 9.66. The molecular weight excluding hydrogens is 320 g/mol. The first-order valence-electron chi connectivity index (χ1n) is 7.23. The molecule has 0 aliphatic heterocycles. The molecule has 0 aromatic heterocycles. The summed E-state index contributed by atoms with van der Waals surface area (Å²) in [6.07, 6.45) is -0.911. The van der Waals surface area contributed by atoms with Gasteiger partial charge in [-0.1, -0.05) is 24.3 Å². The molecule has 0 amide bonds. The van der Waals surface area contributed by atoms with E-state index in [2.05, 4.69) is 0 Å². The average molecular weight is 340 g/mol. The number of rotatable bonds is 6. The number of hydrogen-bond donors (Lipinski definition) is 4. The second kappa shape index (κ2) is 6.69. The van der Waals surface area contributed by atoms with Crippen molar-refractivity contribution in [2.45, 2.75) is 24.7 Å². The summed E-state index contributed by atoms with van der Waals surface area (Å²) < 4.78 is 0. The number of benzene rings is 1. The average Bonchev–Trinajstić information content (AvgIpc) is 2.50. The van der Waals surface area contributed by atoms with Gasteiger partial charge in [0.15, 0.2) is 0 Å². The number of carboxylic acids is 4. The van der Waals surface area contributed by atoms with Crippen molar-refractivity contribution >= 4 is 23.9 Å². The van der Waals surface area contributed by atoms with Gasteiger partial charge in [-0.3, -0.25) is 19.2 Å². The molecule has 0 saturated heterocycles. The van der Waals surface area contributed by atoms with E-state index in [1.54, 1.807) is 12.1 Å². The first-order chi connectivity index (χ1) is 11.2. The van der Waals surface area contributed by atoms with Crippen molar-refractivity contribution in [3.8, 4) is 0 Å². The van der Waals surface area contributed by atoms with Gasteiger partial charge in [0.1, 0.15) is 0 Å². The SMILES string of the molecule is O=C(O)CC(C(=O)O)C1CC(C(=O)O)C(C(=O)O)c2ccccc21.[HH].[HH]. The molecule has 0 spiro atoms. The molecule has 1 aliphatic carbocycles. The molecule has 0 bridgehead atoms. The predicted molar refractivity (Wildman–Crippen MR) is 82.9 cm³/mol. The smallest absolute Gasteiger partial charge is 0.311 e. The molecule has 1 aliphatic rings. The second-order valence-electron chi connectivity index (χ2n) is 5.77. The van der Waals surface area contributed by atoms with Crippen LogP contribution in [0, 0.1) is 11.8 Å². The maximum absolute atomic E-state index is 11.5. The van der Waals surface area contributed by atoms with Gasteiger partial charge in [-0.25, -0.2) is 0 Å². The molecule has 8 heteroatoms. The second-order valence-corrected chi connectivity index (χ2v) is 5.77. The van der Waals surface area contributed by atoms with E-state index in [1.165, 1.54) is 12.1 Å².